The molecular weight excluding hydrogens is 282 g/mol. The number of nitrogens with two attached hydrogens (primary N) is 1. The number of hydrogen-bond acceptors (Lipinski definition) is 4. The molecule has 22 heavy (non-hydrogen) atoms. The van der Waals surface area contributed by atoms with E-state index in [4.69, 9.17) is 10.5 Å². The molecule has 0 bridgehead atoms. The lowest BCUT2D eigenvalue weighted by molar-refractivity contribution is -0.170. The van der Waals surface area contributed by atoms with E-state index in [2.05, 4.69) is 5.32 Å². The minimum Gasteiger partial charge on any atom is -0.378 e. The molecule has 2 unspecified atom stereocenters. The average Bonchev–Trinajstić information content (AvgIpc) is 2.88. The molecule has 2 atom stereocenters. The first kappa shape index (κ1) is 17.2. The van der Waals surface area contributed by atoms with E-state index < -0.39 is 5.54 Å². The molecule has 126 valence electrons. The van der Waals surface area contributed by atoms with Gasteiger partial charge >= 0.3 is 0 Å². The van der Waals surface area contributed by atoms with E-state index in [-0.39, 0.29) is 23.3 Å². The zero-order chi connectivity index (χ0) is 16.4. The Bertz CT molecular complexity index is 438. The third-order valence-corrected chi connectivity index (χ3v) is 5.30. The van der Waals surface area contributed by atoms with E-state index in [1.807, 2.05) is 25.7 Å². The summed E-state index contributed by atoms with van der Waals surface area (Å²) in [5.41, 5.74) is 5.09. The summed E-state index contributed by atoms with van der Waals surface area (Å²) < 4.78 is 5.64. The van der Waals surface area contributed by atoms with Gasteiger partial charge in [0.25, 0.3) is 0 Å². The van der Waals surface area contributed by atoms with Crippen molar-refractivity contribution in [2.75, 3.05) is 26.2 Å². The number of hydrogen-bond donors (Lipinski definition) is 2. The second-order valence-corrected chi connectivity index (χ2v) is 6.93. The largest absolute Gasteiger partial charge is 0.378 e. The van der Waals surface area contributed by atoms with Crippen LogP contribution in [-0.4, -0.2) is 54.6 Å². The van der Waals surface area contributed by atoms with Crippen LogP contribution in [-0.2, 0) is 14.3 Å². The zero-order valence-corrected chi connectivity index (χ0v) is 14.0. The van der Waals surface area contributed by atoms with Gasteiger partial charge in [0, 0.05) is 44.5 Å². The maximum absolute atomic E-state index is 12.4. The number of nitrogens with one attached hydrogen (secondary N) is 1. The molecule has 1 saturated heterocycles. The van der Waals surface area contributed by atoms with Crippen LogP contribution in [0.15, 0.2) is 0 Å². The molecule has 2 amide bonds. The Morgan fingerprint density at radius 2 is 2.23 bits per heavy atom. The van der Waals surface area contributed by atoms with Crippen molar-refractivity contribution < 1.29 is 14.3 Å². The molecule has 0 aromatic heterocycles. The molecule has 1 saturated carbocycles. The van der Waals surface area contributed by atoms with Crippen molar-refractivity contribution in [3.8, 4) is 0 Å². The van der Waals surface area contributed by atoms with Crippen molar-refractivity contribution in [3.63, 3.8) is 0 Å². The van der Waals surface area contributed by atoms with Gasteiger partial charge in [0.2, 0.25) is 11.8 Å². The van der Waals surface area contributed by atoms with E-state index in [1.165, 1.54) is 0 Å². The molecule has 6 nitrogen and oxygen atoms in total. The van der Waals surface area contributed by atoms with Gasteiger partial charge in [-0.15, -0.1) is 0 Å². The van der Waals surface area contributed by atoms with Crippen molar-refractivity contribution >= 4 is 11.8 Å². The number of carbonyl (C=O) groups excluding carboxylic acids is 2. The Morgan fingerprint density at radius 3 is 2.77 bits per heavy atom. The van der Waals surface area contributed by atoms with E-state index in [0.717, 1.165) is 19.4 Å². The summed E-state index contributed by atoms with van der Waals surface area (Å²) in [5, 5.41) is 2.92. The fourth-order valence-electron chi connectivity index (χ4n) is 3.39. The standard InChI is InChI=1S/C16H29N3O3/c1-4-22-12-11-16(17,15(12,2)3)14(21)18-8-6-10-19-9-5-7-13(19)20/h12H,4-11,17H2,1-3H3,(H,18,21). The first-order valence-corrected chi connectivity index (χ1v) is 8.29. The predicted octanol–water partition coefficient (Wildman–Crippen LogP) is 0.648. The number of rotatable bonds is 7. The number of amides is 2. The molecule has 0 spiro atoms. The van der Waals surface area contributed by atoms with E-state index >= 15 is 0 Å². The summed E-state index contributed by atoms with van der Waals surface area (Å²) >= 11 is 0. The van der Waals surface area contributed by atoms with Gasteiger partial charge in [-0.3, -0.25) is 9.59 Å². The lowest BCUT2D eigenvalue weighted by Gasteiger charge is -2.57. The Hall–Kier alpha value is -1.14. The van der Waals surface area contributed by atoms with Crippen LogP contribution in [0.3, 0.4) is 0 Å². The van der Waals surface area contributed by atoms with Crippen LogP contribution in [0.25, 0.3) is 0 Å². The fourth-order valence-corrected chi connectivity index (χ4v) is 3.39. The maximum Gasteiger partial charge on any atom is 0.240 e. The van der Waals surface area contributed by atoms with Crippen LogP contribution in [0.4, 0.5) is 0 Å². The Balaban J connectivity index is 1.74. The average molecular weight is 311 g/mol. The highest BCUT2D eigenvalue weighted by Crippen LogP contribution is 2.49. The third-order valence-electron chi connectivity index (χ3n) is 5.30. The van der Waals surface area contributed by atoms with E-state index in [1.54, 1.807) is 0 Å². The summed E-state index contributed by atoms with van der Waals surface area (Å²) in [6.07, 6.45) is 2.97. The summed E-state index contributed by atoms with van der Waals surface area (Å²) in [7, 11) is 0. The second kappa shape index (κ2) is 6.54. The normalized spacial score (nSPS) is 30.3. The van der Waals surface area contributed by atoms with Crippen molar-refractivity contribution in [2.45, 2.75) is 58.1 Å². The lowest BCUT2D eigenvalue weighted by atomic mass is 9.54. The first-order chi connectivity index (χ1) is 10.3. The summed E-state index contributed by atoms with van der Waals surface area (Å²) in [4.78, 5) is 25.8. The number of carbonyl (C=O) groups is 2. The Kier molecular flexibility index (Phi) is 5.12. The van der Waals surface area contributed by atoms with Gasteiger partial charge < -0.3 is 20.7 Å². The highest BCUT2D eigenvalue weighted by atomic mass is 16.5. The number of ether oxygens (including phenoxy) is 1. The van der Waals surface area contributed by atoms with Crippen molar-refractivity contribution in [1.29, 1.82) is 0 Å². The molecule has 2 rings (SSSR count). The van der Waals surface area contributed by atoms with Gasteiger partial charge in [0.05, 0.1) is 6.10 Å². The number of likely N-dealkylation sites (tertiary alicyclic amines) is 1. The van der Waals surface area contributed by atoms with Crippen molar-refractivity contribution in [2.24, 2.45) is 11.1 Å². The Labute approximate surface area is 132 Å². The molecule has 1 aliphatic heterocycles. The zero-order valence-electron chi connectivity index (χ0n) is 14.0. The van der Waals surface area contributed by atoms with Crippen LogP contribution >= 0.6 is 0 Å². The van der Waals surface area contributed by atoms with Gasteiger partial charge in [-0.2, -0.15) is 0 Å². The topological polar surface area (TPSA) is 84.7 Å². The van der Waals surface area contributed by atoms with Gasteiger partial charge in [-0.1, -0.05) is 13.8 Å². The van der Waals surface area contributed by atoms with E-state index in [0.29, 0.717) is 32.5 Å². The summed E-state index contributed by atoms with van der Waals surface area (Å²) in [5.74, 6) is 0.113. The van der Waals surface area contributed by atoms with E-state index in [9.17, 15) is 9.59 Å². The molecule has 0 aromatic rings. The van der Waals surface area contributed by atoms with Crippen LogP contribution in [0.1, 0.15) is 46.5 Å². The van der Waals surface area contributed by atoms with Crippen molar-refractivity contribution in [1.82, 2.24) is 10.2 Å². The summed E-state index contributed by atoms with van der Waals surface area (Å²) in [6, 6.07) is 0. The first-order valence-electron chi connectivity index (χ1n) is 8.29. The van der Waals surface area contributed by atoms with Crippen LogP contribution < -0.4 is 11.1 Å². The monoisotopic (exact) mass is 311 g/mol. The minimum atomic E-state index is -0.865. The second-order valence-electron chi connectivity index (χ2n) is 6.93. The molecular formula is C16H29N3O3. The SMILES string of the molecule is CCOC1CC(N)(C(=O)NCCCN2CCCC2=O)C1(C)C. The molecule has 6 heteroatoms. The van der Waals surface area contributed by atoms with Crippen LogP contribution in [0.5, 0.6) is 0 Å². The van der Waals surface area contributed by atoms with Crippen LogP contribution in [0, 0.1) is 5.41 Å². The van der Waals surface area contributed by atoms with Crippen molar-refractivity contribution in [3.05, 3.63) is 0 Å². The summed E-state index contributed by atoms with van der Waals surface area (Å²) in [6.45, 7) is 8.66. The molecule has 3 N–H and O–H groups in total. The highest BCUT2D eigenvalue weighted by molar-refractivity contribution is 5.88. The third kappa shape index (κ3) is 2.99. The molecule has 0 aromatic carbocycles. The molecule has 1 heterocycles. The highest BCUT2D eigenvalue weighted by Gasteiger charge is 2.62. The van der Waals surface area contributed by atoms with Crippen LogP contribution in [0.2, 0.25) is 0 Å². The molecule has 2 aliphatic rings. The smallest absolute Gasteiger partial charge is 0.240 e. The fraction of sp³-hybridized carbons (Fsp3) is 0.875. The quantitative estimate of drug-likeness (QED) is 0.676. The predicted molar refractivity (Wildman–Crippen MR) is 84.2 cm³/mol. The lowest BCUT2D eigenvalue weighted by Crippen LogP contribution is -2.75. The maximum atomic E-state index is 12.4. The molecule has 2 fully saturated rings. The van der Waals surface area contributed by atoms with Gasteiger partial charge in [0.15, 0.2) is 0 Å². The minimum absolute atomic E-state index is 0.0375. The molecule has 0 radical (unpaired) electrons. The van der Waals surface area contributed by atoms with Gasteiger partial charge in [0.1, 0.15) is 5.54 Å². The van der Waals surface area contributed by atoms with Gasteiger partial charge in [-0.25, -0.2) is 0 Å². The van der Waals surface area contributed by atoms with Gasteiger partial charge in [-0.05, 0) is 19.8 Å². The Morgan fingerprint density at radius 1 is 1.50 bits per heavy atom. The molecule has 1 aliphatic carbocycles. The number of nitrogens with zero attached hydrogens (tertiary/aromatic N) is 1.